The summed E-state index contributed by atoms with van der Waals surface area (Å²) in [4.78, 5) is 12.8. The van der Waals surface area contributed by atoms with Crippen LogP contribution in [0.1, 0.15) is 6.92 Å². The van der Waals surface area contributed by atoms with Crippen molar-refractivity contribution in [1.82, 2.24) is 15.5 Å². The Morgan fingerprint density at radius 2 is 2.50 bits per heavy atom. The number of nitrogens with zero attached hydrogens (tertiary/aromatic N) is 1. The van der Waals surface area contributed by atoms with Crippen molar-refractivity contribution in [2.45, 2.75) is 12.7 Å². The van der Waals surface area contributed by atoms with Crippen LogP contribution < -0.4 is 16.4 Å². The van der Waals surface area contributed by atoms with Crippen molar-refractivity contribution in [2.75, 3.05) is 13.6 Å². The zero-order valence-corrected chi connectivity index (χ0v) is 8.50. The third-order valence-corrected chi connectivity index (χ3v) is 2.16. The SMILES string of the molecule is C=CCNC1(N)NC(=O)N(C)C=C1C. The van der Waals surface area contributed by atoms with Gasteiger partial charge in [-0.15, -0.1) is 6.58 Å². The van der Waals surface area contributed by atoms with Crippen LogP contribution in [0.15, 0.2) is 24.4 Å². The van der Waals surface area contributed by atoms with Gasteiger partial charge >= 0.3 is 6.03 Å². The molecule has 0 aromatic heterocycles. The molecule has 0 fully saturated rings. The molecule has 1 atom stereocenters. The fraction of sp³-hybridized carbons (Fsp3) is 0.444. The number of amides is 2. The van der Waals surface area contributed by atoms with E-state index in [0.29, 0.717) is 6.54 Å². The summed E-state index contributed by atoms with van der Waals surface area (Å²) in [5.41, 5.74) is 6.80. The Morgan fingerprint density at radius 1 is 1.86 bits per heavy atom. The molecule has 1 rings (SSSR count). The largest absolute Gasteiger partial charge is 0.323 e. The molecular formula is C9H16N4O. The van der Waals surface area contributed by atoms with E-state index in [9.17, 15) is 4.79 Å². The predicted octanol–water partition coefficient (Wildman–Crippen LogP) is -0.0667. The van der Waals surface area contributed by atoms with Gasteiger partial charge in [-0.2, -0.15) is 0 Å². The minimum Gasteiger partial charge on any atom is -0.304 e. The third kappa shape index (κ3) is 1.94. The summed E-state index contributed by atoms with van der Waals surface area (Å²) in [7, 11) is 1.67. The highest BCUT2D eigenvalue weighted by atomic mass is 16.2. The number of rotatable bonds is 3. The average Bonchev–Trinajstić information content (AvgIpc) is 2.12. The Labute approximate surface area is 83.6 Å². The maximum atomic E-state index is 11.3. The second-order valence-electron chi connectivity index (χ2n) is 3.33. The highest BCUT2D eigenvalue weighted by Gasteiger charge is 2.33. The Bertz CT molecular complexity index is 287. The van der Waals surface area contributed by atoms with Crippen molar-refractivity contribution in [1.29, 1.82) is 0 Å². The van der Waals surface area contributed by atoms with Crippen LogP contribution in [0.5, 0.6) is 0 Å². The molecule has 0 spiro atoms. The smallest absolute Gasteiger partial charge is 0.304 e. The van der Waals surface area contributed by atoms with E-state index in [4.69, 9.17) is 5.73 Å². The Hall–Kier alpha value is -1.33. The van der Waals surface area contributed by atoms with Gasteiger partial charge in [-0.25, -0.2) is 4.79 Å². The number of carbonyl (C=O) groups excluding carboxylic acids is 1. The van der Waals surface area contributed by atoms with Crippen LogP contribution in [0.2, 0.25) is 0 Å². The maximum absolute atomic E-state index is 11.3. The number of urea groups is 1. The van der Waals surface area contributed by atoms with Gasteiger partial charge in [0.05, 0.1) is 0 Å². The first-order chi connectivity index (χ1) is 6.49. The predicted molar refractivity (Wildman–Crippen MR) is 55.2 cm³/mol. The molecule has 78 valence electrons. The molecule has 5 heteroatoms. The second kappa shape index (κ2) is 3.81. The van der Waals surface area contributed by atoms with Gasteiger partial charge in [0, 0.05) is 19.8 Å². The molecule has 0 saturated heterocycles. The van der Waals surface area contributed by atoms with Crippen LogP contribution in [-0.4, -0.2) is 30.3 Å². The van der Waals surface area contributed by atoms with Gasteiger partial charge < -0.3 is 10.2 Å². The number of nitrogens with two attached hydrogens (primary N) is 1. The Balaban J connectivity index is 2.83. The van der Waals surface area contributed by atoms with Gasteiger partial charge in [-0.05, 0) is 12.5 Å². The zero-order chi connectivity index (χ0) is 10.8. The molecule has 0 bridgehead atoms. The summed E-state index contributed by atoms with van der Waals surface area (Å²) in [5, 5.41) is 5.65. The molecule has 0 aromatic carbocycles. The normalized spacial score (nSPS) is 26.9. The van der Waals surface area contributed by atoms with Crippen LogP contribution in [0.4, 0.5) is 4.79 Å². The van der Waals surface area contributed by atoms with Crippen LogP contribution >= 0.6 is 0 Å². The fourth-order valence-electron chi connectivity index (χ4n) is 1.22. The van der Waals surface area contributed by atoms with Gasteiger partial charge in [0.25, 0.3) is 0 Å². The lowest BCUT2D eigenvalue weighted by Gasteiger charge is -2.37. The summed E-state index contributed by atoms with van der Waals surface area (Å²) in [6.07, 6.45) is 3.39. The molecule has 0 aliphatic carbocycles. The third-order valence-electron chi connectivity index (χ3n) is 2.16. The molecule has 14 heavy (non-hydrogen) atoms. The quantitative estimate of drug-likeness (QED) is 0.437. The summed E-state index contributed by atoms with van der Waals surface area (Å²) >= 11 is 0. The number of nitrogens with one attached hydrogen (secondary N) is 2. The van der Waals surface area contributed by atoms with E-state index in [0.717, 1.165) is 5.57 Å². The van der Waals surface area contributed by atoms with Crippen molar-refractivity contribution >= 4 is 6.03 Å². The lowest BCUT2D eigenvalue weighted by Crippen LogP contribution is -2.69. The molecule has 0 aromatic rings. The lowest BCUT2D eigenvalue weighted by molar-refractivity contribution is 0.196. The summed E-state index contributed by atoms with van der Waals surface area (Å²) in [6, 6.07) is -0.227. The molecule has 0 radical (unpaired) electrons. The van der Waals surface area contributed by atoms with E-state index in [1.54, 1.807) is 19.3 Å². The topological polar surface area (TPSA) is 70.4 Å². The lowest BCUT2D eigenvalue weighted by atomic mass is 10.1. The molecule has 2 amide bonds. The van der Waals surface area contributed by atoms with Gasteiger partial charge in [0.1, 0.15) is 0 Å². The van der Waals surface area contributed by atoms with E-state index < -0.39 is 5.79 Å². The average molecular weight is 196 g/mol. The first-order valence-electron chi connectivity index (χ1n) is 4.38. The van der Waals surface area contributed by atoms with Crippen LogP contribution in [0.25, 0.3) is 0 Å². The molecule has 5 nitrogen and oxygen atoms in total. The molecule has 1 heterocycles. The highest BCUT2D eigenvalue weighted by Crippen LogP contribution is 2.13. The van der Waals surface area contributed by atoms with Crippen LogP contribution in [0.3, 0.4) is 0 Å². The standard InChI is InChI=1S/C9H16N4O/c1-4-5-11-9(10)7(2)6-13(3)8(14)12-9/h4,6,11H,1,5,10H2,2-3H3,(H,12,14). The van der Waals surface area contributed by atoms with Gasteiger partial charge in [0.15, 0.2) is 5.79 Å². The number of hydrogen-bond donors (Lipinski definition) is 3. The van der Waals surface area contributed by atoms with E-state index in [2.05, 4.69) is 17.2 Å². The monoisotopic (exact) mass is 196 g/mol. The highest BCUT2D eigenvalue weighted by molar-refractivity contribution is 5.77. The zero-order valence-electron chi connectivity index (χ0n) is 8.50. The molecule has 4 N–H and O–H groups in total. The van der Waals surface area contributed by atoms with Crippen molar-refractivity contribution in [3.05, 3.63) is 24.4 Å². The number of hydrogen-bond acceptors (Lipinski definition) is 3. The van der Waals surface area contributed by atoms with Crippen molar-refractivity contribution in [3.8, 4) is 0 Å². The first kappa shape index (κ1) is 10.7. The Kier molecular flexibility index (Phi) is 2.93. The van der Waals surface area contributed by atoms with Gasteiger partial charge in [-0.1, -0.05) is 6.08 Å². The number of carbonyl (C=O) groups is 1. The van der Waals surface area contributed by atoms with Crippen LogP contribution in [-0.2, 0) is 0 Å². The first-order valence-corrected chi connectivity index (χ1v) is 4.38. The molecule has 0 saturated carbocycles. The van der Waals surface area contributed by atoms with Gasteiger partial charge in [0.2, 0.25) is 0 Å². The molecule has 1 aliphatic heterocycles. The van der Waals surface area contributed by atoms with E-state index in [1.165, 1.54) is 4.90 Å². The minimum atomic E-state index is -0.961. The fourth-order valence-corrected chi connectivity index (χ4v) is 1.22. The molecular weight excluding hydrogens is 180 g/mol. The van der Waals surface area contributed by atoms with Crippen LogP contribution in [0, 0.1) is 0 Å². The van der Waals surface area contributed by atoms with E-state index in [1.807, 2.05) is 6.92 Å². The van der Waals surface area contributed by atoms with Crippen molar-refractivity contribution < 1.29 is 4.79 Å². The molecule has 1 aliphatic rings. The van der Waals surface area contributed by atoms with E-state index >= 15 is 0 Å². The molecule has 1 unspecified atom stereocenters. The van der Waals surface area contributed by atoms with Gasteiger partial charge in [-0.3, -0.25) is 11.1 Å². The van der Waals surface area contributed by atoms with Crippen molar-refractivity contribution in [3.63, 3.8) is 0 Å². The summed E-state index contributed by atoms with van der Waals surface area (Å²) in [5.74, 6) is -0.961. The van der Waals surface area contributed by atoms with E-state index in [-0.39, 0.29) is 6.03 Å². The minimum absolute atomic E-state index is 0.227. The maximum Gasteiger partial charge on any atom is 0.323 e. The summed E-state index contributed by atoms with van der Waals surface area (Å²) < 4.78 is 0. The van der Waals surface area contributed by atoms with Crippen molar-refractivity contribution in [2.24, 2.45) is 5.73 Å². The summed E-state index contributed by atoms with van der Waals surface area (Å²) in [6.45, 7) is 5.96. The second-order valence-corrected chi connectivity index (χ2v) is 3.33. The Morgan fingerprint density at radius 3 is 3.07 bits per heavy atom.